The van der Waals surface area contributed by atoms with Crippen LogP contribution in [0.2, 0.25) is 0 Å². The number of nitrogens with one attached hydrogen (secondary N) is 1. The van der Waals surface area contributed by atoms with Crippen molar-refractivity contribution in [2.45, 2.75) is 25.8 Å². The predicted octanol–water partition coefficient (Wildman–Crippen LogP) is 2.89. The Morgan fingerprint density at radius 2 is 2.10 bits per heavy atom. The van der Waals surface area contributed by atoms with E-state index in [9.17, 15) is 10.1 Å². The highest BCUT2D eigenvalue weighted by Gasteiger charge is 2.14. The minimum absolute atomic E-state index is 0.0634. The first kappa shape index (κ1) is 21.8. The third kappa shape index (κ3) is 6.85. The monoisotopic (exact) mass is 387 g/mol. The topological polar surface area (TPSA) is 95.2 Å². The van der Waals surface area contributed by atoms with Crippen molar-refractivity contribution < 1.29 is 14.6 Å². The van der Waals surface area contributed by atoms with Gasteiger partial charge in [-0.05, 0) is 41.9 Å². The summed E-state index contributed by atoms with van der Waals surface area (Å²) in [5.41, 5.74) is 2.79. The van der Waals surface area contributed by atoms with Crippen molar-refractivity contribution in [1.29, 1.82) is 5.26 Å². The maximum atomic E-state index is 10.6. The van der Waals surface area contributed by atoms with Gasteiger partial charge in [0, 0.05) is 5.70 Å². The lowest BCUT2D eigenvalue weighted by atomic mass is 10.0. The Balaban J connectivity index is 2.15. The number of carbonyl (C=O) groups is 1. The maximum Gasteiger partial charge on any atom is 0.341 e. The molecule has 0 bridgehead atoms. The van der Waals surface area contributed by atoms with E-state index in [1.807, 2.05) is 12.1 Å². The van der Waals surface area contributed by atoms with Crippen molar-refractivity contribution in [3.63, 3.8) is 0 Å². The van der Waals surface area contributed by atoms with Gasteiger partial charge in [-0.2, -0.15) is 5.26 Å². The van der Waals surface area contributed by atoms with Crippen LogP contribution in [0.1, 0.15) is 37.1 Å². The molecule has 0 spiro atoms. The van der Waals surface area contributed by atoms with Crippen LogP contribution < -0.4 is 15.6 Å². The quantitative estimate of drug-likeness (QED) is 0.370. The molecule has 1 heterocycles. The number of pyridine rings is 1. The van der Waals surface area contributed by atoms with Crippen molar-refractivity contribution >= 4 is 25.5 Å². The summed E-state index contributed by atoms with van der Waals surface area (Å²) in [5, 5.41) is 21.5. The van der Waals surface area contributed by atoms with Crippen molar-refractivity contribution in [2.75, 3.05) is 6.61 Å². The van der Waals surface area contributed by atoms with Gasteiger partial charge >= 0.3 is 5.97 Å². The molecule has 1 aromatic heterocycles. The molecule has 2 radical (unpaired) electrons. The number of ether oxygens (including phenoxy) is 1. The third-order valence-electron chi connectivity index (χ3n) is 4.10. The Morgan fingerprint density at radius 3 is 2.69 bits per heavy atom. The molecule has 6 nitrogen and oxygen atoms in total. The lowest BCUT2D eigenvalue weighted by molar-refractivity contribution is -0.139. The molecule has 29 heavy (non-hydrogen) atoms. The molecule has 0 aliphatic rings. The molecule has 0 saturated carbocycles. The Hall–Kier alpha value is -3.53. The van der Waals surface area contributed by atoms with Gasteiger partial charge < -0.3 is 15.2 Å². The number of carboxylic acids is 1. The summed E-state index contributed by atoms with van der Waals surface area (Å²) in [4.78, 5) is 14.8. The standard InChI is InChI=1S/C22H22BN3O3/c1-3-5-20(16-8-10-19(11-9-16)29-14-22(27)28)25-15(2)17(13-24)12-18-6-4-7-21(23)26-18/h4,6-12,20,25H,2-3,5,14H2,1H3,(H,27,28)/b17-12+. The van der Waals surface area contributed by atoms with Crippen LogP contribution in [0, 0.1) is 11.3 Å². The molecule has 0 fully saturated rings. The highest BCUT2D eigenvalue weighted by atomic mass is 16.5. The zero-order valence-corrected chi connectivity index (χ0v) is 16.3. The average molecular weight is 387 g/mol. The molecule has 0 aliphatic heterocycles. The van der Waals surface area contributed by atoms with E-state index in [1.54, 1.807) is 36.4 Å². The lowest BCUT2D eigenvalue weighted by Crippen LogP contribution is -2.21. The first-order chi connectivity index (χ1) is 13.9. The highest BCUT2D eigenvalue weighted by Crippen LogP contribution is 2.24. The van der Waals surface area contributed by atoms with Gasteiger partial charge in [-0.1, -0.05) is 44.2 Å². The van der Waals surface area contributed by atoms with Crippen LogP contribution in [0.3, 0.4) is 0 Å². The molecule has 2 N–H and O–H groups in total. The molecule has 2 aromatic rings. The van der Waals surface area contributed by atoms with Crippen LogP contribution >= 0.6 is 0 Å². The minimum Gasteiger partial charge on any atom is -0.482 e. The van der Waals surface area contributed by atoms with Crippen molar-refractivity contribution in [2.24, 2.45) is 0 Å². The van der Waals surface area contributed by atoms with Gasteiger partial charge in [-0.25, -0.2) is 4.79 Å². The molecule has 0 saturated heterocycles. The number of benzene rings is 1. The van der Waals surface area contributed by atoms with Crippen LogP contribution in [0.5, 0.6) is 5.75 Å². The van der Waals surface area contributed by atoms with Crippen LogP contribution in [0.4, 0.5) is 0 Å². The fourth-order valence-electron chi connectivity index (χ4n) is 2.72. The summed E-state index contributed by atoms with van der Waals surface area (Å²) < 4.78 is 5.17. The zero-order valence-electron chi connectivity index (χ0n) is 16.3. The Morgan fingerprint density at radius 1 is 1.38 bits per heavy atom. The number of hydrogen-bond donors (Lipinski definition) is 2. The second-order valence-electron chi connectivity index (χ2n) is 6.37. The van der Waals surface area contributed by atoms with Gasteiger partial charge in [-0.15, -0.1) is 0 Å². The second-order valence-corrected chi connectivity index (χ2v) is 6.37. The number of carboxylic acid groups (broad SMARTS) is 1. The normalized spacial score (nSPS) is 11.9. The van der Waals surface area contributed by atoms with E-state index in [0.717, 1.165) is 18.4 Å². The summed E-state index contributed by atoms with van der Waals surface area (Å²) >= 11 is 0. The fraction of sp³-hybridized carbons (Fsp3) is 0.227. The largest absolute Gasteiger partial charge is 0.482 e. The number of rotatable bonds is 10. The van der Waals surface area contributed by atoms with Gasteiger partial charge in [-0.3, -0.25) is 4.98 Å². The Labute approximate surface area is 172 Å². The summed E-state index contributed by atoms with van der Waals surface area (Å²) in [7, 11) is 5.69. The molecule has 146 valence electrons. The van der Waals surface area contributed by atoms with E-state index < -0.39 is 5.97 Å². The maximum absolute atomic E-state index is 10.6. The lowest BCUT2D eigenvalue weighted by Gasteiger charge is -2.21. The number of allylic oxidation sites excluding steroid dienone is 1. The van der Waals surface area contributed by atoms with Crippen LogP contribution in [-0.2, 0) is 4.79 Å². The first-order valence-corrected chi connectivity index (χ1v) is 9.17. The van der Waals surface area contributed by atoms with Crippen LogP contribution in [0.15, 0.2) is 60.3 Å². The van der Waals surface area contributed by atoms with E-state index in [4.69, 9.17) is 17.7 Å². The van der Waals surface area contributed by atoms with Gasteiger partial charge in [0.15, 0.2) is 6.61 Å². The predicted molar refractivity (Wildman–Crippen MR) is 113 cm³/mol. The summed E-state index contributed by atoms with van der Waals surface area (Å²) in [6.07, 6.45) is 3.38. The first-order valence-electron chi connectivity index (χ1n) is 9.17. The molecular weight excluding hydrogens is 365 g/mol. The summed E-state index contributed by atoms with van der Waals surface area (Å²) in [5.74, 6) is -0.544. The van der Waals surface area contributed by atoms with Crippen LogP contribution in [-0.4, -0.2) is 30.5 Å². The van der Waals surface area contributed by atoms with Gasteiger partial charge in [0.05, 0.1) is 17.3 Å². The van der Waals surface area contributed by atoms with Crippen molar-refractivity contribution in [1.82, 2.24) is 10.3 Å². The third-order valence-corrected chi connectivity index (χ3v) is 4.10. The molecule has 2 rings (SSSR count). The van der Waals surface area contributed by atoms with E-state index in [1.165, 1.54) is 0 Å². The number of hydrogen-bond acceptors (Lipinski definition) is 5. The smallest absolute Gasteiger partial charge is 0.341 e. The van der Waals surface area contributed by atoms with Crippen molar-refractivity contribution in [3.8, 4) is 11.8 Å². The molecule has 0 amide bonds. The fourth-order valence-corrected chi connectivity index (χ4v) is 2.72. The Kier molecular flexibility index (Phi) is 8.05. The van der Waals surface area contributed by atoms with E-state index in [2.05, 4.69) is 29.9 Å². The van der Waals surface area contributed by atoms with Crippen molar-refractivity contribution in [3.05, 3.63) is 71.6 Å². The van der Waals surface area contributed by atoms with E-state index in [-0.39, 0.29) is 12.6 Å². The van der Waals surface area contributed by atoms with Gasteiger partial charge in [0.2, 0.25) is 0 Å². The van der Waals surface area contributed by atoms with Crippen LogP contribution in [0.25, 0.3) is 6.08 Å². The van der Waals surface area contributed by atoms with E-state index in [0.29, 0.717) is 28.3 Å². The van der Waals surface area contributed by atoms with E-state index >= 15 is 0 Å². The zero-order chi connectivity index (χ0) is 21.2. The minimum atomic E-state index is -1.03. The number of nitrogens with zero attached hydrogens (tertiary/aromatic N) is 2. The van der Waals surface area contributed by atoms with Gasteiger partial charge in [0.1, 0.15) is 19.7 Å². The molecule has 0 aliphatic carbocycles. The average Bonchev–Trinajstić information content (AvgIpc) is 2.70. The SMILES string of the molecule is [B]c1cccc(/C=C(\C#N)C(=C)NC(CCC)c2ccc(OCC(=O)O)cc2)n1. The molecule has 1 unspecified atom stereocenters. The molecule has 7 heteroatoms. The summed E-state index contributed by atoms with van der Waals surface area (Å²) in [6.45, 7) is 5.69. The summed E-state index contributed by atoms with van der Waals surface area (Å²) in [6, 6.07) is 14.5. The number of aliphatic carboxylic acids is 1. The Bertz CT molecular complexity index is 933. The molecular formula is C22H22BN3O3. The number of aromatic nitrogens is 1. The molecule has 1 aromatic carbocycles. The van der Waals surface area contributed by atoms with Gasteiger partial charge in [0.25, 0.3) is 0 Å². The molecule has 1 atom stereocenters. The second kappa shape index (κ2) is 10.7. The number of nitriles is 1. The highest BCUT2D eigenvalue weighted by molar-refractivity contribution is 6.30.